The third-order valence-corrected chi connectivity index (χ3v) is 1.70. The Kier molecular flexibility index (Phi) is 1.68. The van der Waals surface area contributed by atoms with E-state index in [0.717, 1.165) is 5.56 Å². The number of aromatic carboxylic acids is 1. The van der Waals surface area contributed by atoms with Gasteiger partial charge in [-0.05, 0) is 12.5 Å². The van der Waals surface area contributed by atoms with Crippen molar-refractivity contribution in [3.05, 3.63) is 22.5 Å². The van der Waals surface area contributed by atoms with Gasteiger partial charge in [-0.15, -0.1) is 0 Å². The molecule has 10 heavy (non-hydrogen) atoms. The Labute approximate surface area is 62.6 Å². The highest BCUT2D eigenvalue weighted by molar-refractivity contribution is 6.34. The van der Waals surface area contributed by atoms with Gasteiger partial charge in [0, 0.05) is 6.20 Å². The highest BCUT2D eigenvalue weighted by Crippen LogP contribution is 2.18. The van der Waals surface area contributed by atoms with Crippen molar-refractivity contribution >= 4 is 17.6 Å². The summed E-state index contributed by atoms with van der Waals surface area (Å²) in [7, 11) is 0. The Hall–Kier alpha value is -0.960. The molecule has 4 heteroatoms. The lowest BCUT2D eigenvalue weighted by atomic mass is 10.3. The lowest BCUT2D eigenvalue weighted by Crippen LogP contribution is -1.96. The predicted molar refractivity (Wildman–Crippen MR) is 37.5 cm³/mol. The van der Waals surface area contributed by atoms with E-state index < -0.39 is 5.97 Å². The summed E-state index contributed by atoms with van der Waals surface area (Å²) in [5.41, 5.74) is 0.804. The molecule has 0 saturated heterocycles. The smallest absolute Gasteiger partial charge is 0.353 e. The quantitative estimate of drug-likeness (QED) is 0.655. The number of aromatic nitrogens is 1. The van der Waals surface area contributed by atoms with Gasteiger partial charge in [0.2, 0.25) is 0 Å². The maximum Gasteiger partial charge on any atom is 0.353 e. The van der Waals surface area contributed by atoms with Crippen LogP contribution in [-0.2, 0) is 0 Å². The SMILES string of the molecule is Cc1c[nH]c(C(=O)O)c1Cl. The zero-order chi connectivity index (χ0) is 7.72. The van der Waals surface area contributed by atoms with Crippen molar-refractivity contribution in [1.82, 2.24) is 4.98 Å². The van der Waals surface area contributed by atoms with Gasteiger partial charge in [-0.3, -0.25) is 0 Å². The molecular formula is C6H6ClNO2. The number of rotatable bonds is 1. The molecule has 0 bridgehead atoms. The van der Waals surface area contributed by atoms with Gasteiger partial charge in [0.15, 0.2) is 0 Å². The number of nitrogens with one attached hydrogen (secondary N) is 1. The monoisotopic (exact) mass is 159 g/mol. The molecule has 3 nitrogen and oxygen atoms in total. The summed E-state index contributed by atoms with van der Waals surface area (Å²) >= 11 is 5.59. The van der Waals surface area contributed by atoms with Crippen LogP contribution in [0.1, 0.15) is 16.1 Å². The number of carboxylic acid groups (broad SMARTS) is 1. The van der Waals surface area contributed by atoms with Gasteiger partial charge in [0.1, 0.15) is 5.69 Å². The highest BCUT2D eigenvalue weighted by atomic mass is 35.5. The second kappa shape index (κ2) is 2.34. The average molecular weight is 160 g/mol. The van der Waals surface area contributed by atoms with E-state index in [2.05, 4.69) is 4.98 Å². The van der Waals surface area contributed by atoms with E-state index in [4.69, 9.17) is 16.7 Å². The molecule has 0 aliphatic rings. The van der Waals surface area contributed by atoms with Gasteiger partial charge in [0.25, 0.3) is 0 Å². The topological polar surface area (TPSA) is 53.1 Å². The second-order valence-corrected chi connectivity index (χ2v) is 2.34. The number of hydrogen-bond acceptors (Lipinski definition) is 1. The normalized spacial score (nSPS) is 9.80. The summed E-state index contributed by atoms with van der Waals surface area (Å²) in [5.74, 6) is -1.03. The molecular weight excluding hydrogens is 154 g/mol. The third kappa shape index (κ3) is 0.998. The van der Waals surface area contributed by atoms with Crippen molar-refractivity contribution in [2.45, 2.75) is 6.92 Å². The molecule has 2 N–H and O–H groups in total. The molecule has 1 heterocycles. The molecule has 1 rings (SSSR count). The molecule has 0 aliphatic heterocycles. The number of hydrogen-bond donors (Lipinski definition) is 2. The summed E-state index contributed by atoms with van der Waals surface area (Å²) < 4.78 is 0. The minimum absolute atomic E-state index is 0.0548. The van der Waals surface area contributed by atoms with Crippen LogP contribution >= 0.6 is 11.6 Å². The van der Waals surface area contributed by atoms with Crippen molar-refractivity contribution in [3.8, 4) is 0 Å². The van der Waals surface area contributed by atoms with E-state index in [0.29, 0.717) is 0 Å². The largest absolute Gasteiger partial charge is 0.477 e. The van der Waals surface area contributed by atoms with E-state index in [-0.39, 0.29) is 10.7 Å². The molecule has 0 aliphatic carbocycles. The fourth-order valence-corrected chi connectivity index (χ4v) is 0.850. The van der Waals surface area contributed by atoms with Crippen LogP contribution in [0.5, 0.6) is 0 Å². The van der Waals surface area contributed by atoms with E-state index in [9.17, 15) is 4.79 Å². The molecule has 0 radical (unpaired) electrons. The zero-order valence-corrected chi connectivity index (χ0v) is 6.07. The molecule has 0 fully saturated rings. The van der Waals surface area contributed by atoms with Crippen LogP contribution in [0.3, 0.4) is 0 Å². The van der Waals surface area contributed by atoms with Crippen molar-refractivity contribution in [1.29, 1.82) is 0 Å². The van der Waals surface area contributed by atoms with Gasteiger partial charge in [0.05, 0.1) is 5.02 Å². The lowest BCUT2D eigenvalue weighted by Gasteiger charge is -1.87. The molecule has 0 aromatic carbocycles. The first-order valence-corrected chi connectivity index (χ1v) is 3.07. The number of carboxylic acids is 1. The second-order valence-electron chi connectivity index (χ2n) is 1.97. The first-order valence-electron chi connectivity index (χ1n) is 2.69. The number of halogens is 1. The maximum absolute atomic E-state index is 10.3. The average Bonchev–Trinajstić information content (AvgIpc) is 2.14. The Balaban J connectivity index is 3.17. The zero-order valence-electron chi connectivity index (χ0n) is 5.31. The number of aromatic amines is 1. The van der Waals surface area contributed by atoms with Crippen molar-refractivity contribution < 1.29 is 9.90 Å². The highest BCUT2D eigenvalue weighted by Gasteiger charge is 2.11. The number of H-pyrrole nitrogens is 1. The summed E-state index contributed by atoms with van der Waals surface area (Å²) in [6.45, 7) is 1.74. The van der Waals surface area contributed by atoms with Crippen molar-refractivity contribution in [2.24, 2.45) is 0 Å². The van der Waals surface area contributed by atoms with Gasteiger partial charge < -0.3 is 10.1 Å². The minimum Gasteiger partial charge on any atom is -0.477 e. The Morgan fingerprint density at radius 3 is 2.60 bits per heavy atom. The van der Waals surface area contributed by atoms with Gasteiger partial charge in [-0.2, -0.15) is 0 Å². The minimum atomic E-state index is -1.03. The van der Waals surface area contributed by atoms with Crippen LogP contribution in [0.4, 0.5) is 0 Å². The van der Waals surface area contributed by atoms with Gasteiger partial charge in [-0.25, -0.2) is 4.79 Å². The predicted octanol–water partition coefficient (Wildman–Crippen LogP) is 1.67. The molecule has 1 aromatic heterocycles. The molecule has 54 valence electrons. The van der Waals surface area contributed by atoms with E-state index in [1.54, 1.807) is 13.1 Å². The van der Waals surface area contributed by atoms with Gasteiger partial charge in [-0.1, -0.05) is 11.6 Å². The first kappa shape index (κ1) is 7.15. The van der Waals surface area contributed by atoms with E-state index in [1.165, 1.54) is 0 Å². The fourth-order valence-electron chi connectivity index (χ4n) is 0.660. The molecule has 0 unspecified atom stereocenters. The molecule has 0 saturated carbocycles. The maximum atomic E-state index is 10.3. The molecule has 1 aromatic rings. The summed E-state index contributed by atoms with van der Waals surface area (Å²) in [5, 5.41) is 8.75. The van der Waals surface area contributed by atoms with E-state index >= 15 is 0 Å². The van der Waals surface area contributed by atoms with Crippen LogP contribution in [0.25, 0.3) is 0 Å². The van der Waals surface area contributed by atoms with Crippen LogP contribution in [0, 0.1) is 6.92 Å². The Morgan fingerprint density at radius 2 is 2.40 bits per heavy atom. The van der Waals surface area contributed by atoms with Crippen molar-refractivity contribution in [2.75, 3.05) is 0 Å². The number of carbonyl (C=O) groups is 1. The van der Waals surface area contributed by atoms with Crippen LogP contribution in [0.2, 0.25) is 5.02 Å². The van der Waals surface area contributed by atoms with Gasteiger partial charge >= 0.3 is 5.97 Å². The fraction of sp³-hybridized carbons (Fsp3) is 0.167. The van der Waals surface area contributed by atoms with Crippen LogP contribution in [-0.4, -0.2) is 16.1 Å². The lowest BCUT2D eigenvalue weighted by molar-refractivity contribution is 0.0691. The first-order chi connectivity index (χ1) is 4.63. The standard InChI is InChI=1S/C6H6ClNO2/c1-3-2-8-5(4(3)7)6(9)10/h2,8H,1H3,(H,9,10). The Morgan fingerprint density at radius 1 is 1.80 bits per heavy atom. The van der Waals surface area contributed by atoms with E-state index in [1.807, 2.05) is 0 Å². The summed E-state index contributed by atoms with van der Waals surface area (Å²) in [6.07, 6.45) is 1.56. The number of aryl methyl sites for hydroxylation is 1. The molecule has 0 amide bonds. The van der Waals surface area contributed by atoms with Crippen molar-refractivity contribution in [3.63, 3.8) is 0 Å². The van der Waals surface area contributed by atoms with Crippen LogP contribution < -0.4 is 0 Å². The summed E-state index contributed by atoms with van der Waals surface area (Å²) in [4.78, 5) is 12.9. The summed E-state index contributed by atoms with van der Waals surface area (Å²) in [6, 6.07) is 0. The third-order valence-electron chi connectivity index (χ3n) is 1.21. The Bertz CT molecular complexity index is 267. The molecule has 0 spiro atoms. The van der Waals surface area contributed by atoms with Crippen LogP contribution in [0.15, 0.2) is 6.20 Å². The molecule has 0 atom stereocenters.